The zero-order chi connectivity index (χ0) is 16.2. The van der Waals surface area contributed by atoms with E-state index in [4.69, 9.17) is 11.6 Å². The van der Waals surface area contributed by atoms with Crippen molar-refractivity contribution in [3.8, 4) is 0 Å². The summed E-state index contributed by atoms with van der Waals surface area (Å²) in [5.74, 6) is -1.05. The molecule has 2 rings (SSSR count). The molecule has 0 aliphatic rings. The number of benzene rings is 1. The van der Waals surface area contributed by atoms with Gasteiger partial charge >= 0.3 is 0 Å². The number of halogens is 1. The molecule has 5 nitrogen and oxygen atoms in total. The van der Waals surface area contributed by atoms with Crippen LogP contribution in [0.3, 0.4) is 0 Å². The maximum atomic E-state index is 12.2. The second-order valence-electron chi connectivity index (χ2n) is 4.82. The summed E-state index contributed by atoms with van der Waals surface area (Å²) < 4.78 is 24.4. The minimum Gasteiger partial charge on any atom is -0.340 e. The highest BCUT2D eigenvalue weighted by Crippen LogP contribution is 2.16. The Hall–Kier alpha value is -1.92. The van der Waals surface area contributed by atoms with Gasteiger partial charge in [0.25, 0.3) is 0 Å². The number of carbonyl (C=O) groups excluding carboxylic acids is 1. The number of sulfone groups is 1. The lowest BCUT2D eigenvalue weighted by Crippen LogP contribution is -2.32. The molecule has 1 aromatic heterocycles. The summed E-state index contributed by atoms with van der Waals surface area (Å²) in [4.78, 5) is 17.5. The van der Waals surface area contributed by atoms with Gasteiger partial charge in [-0.25, -0.2) is 8.42 Å². The van der Waals surface area contributed by atoms with Crippen molar-refractivity contribution in [2.45, 2.75) is 11.4 Å². The fourth-order valence-corrected chi connectivity index (χ4v) is 3.24. The molecule has 0 aliphatic carbocycles. The lowest BCUT2D eigenvalue weighted by Gasteiger charge is -2.17. The molecule has 0 N–H and O–H groups in total. The first-order chi connectivity index (χ1) is 10.4. The molecule has 7 heteroatoms. The van der Waals surface area contributed by atoms with Crippen LogP contribution in [0.25, 0.3) is 0 Å². The molecular weight excluding hydrogens is 324 g/mol. The largest absolute Gasteiger partial charge is 0.340 e. The molecule has 1 heterocycles. The topological polar surface area (TPSA) is 67.3 Å². The van der Waals surface area contributed by atoms with Gasteiger partial charge in [-0.05, 0) is 35.9 Å². The number of pyridine rings is 1. The molecule has 0 fully saturated rings. The van der Waals surface area contributed by atoms with Gasteiger partial charge in [0.2, 0.25) is 5.91 Å². The van der Waals surface area contributed by atoms with E-state index in [1.54, 1.807) is 25.5 Å². The van der Waals surface area contributed by atoms with Crippen LogP contribution in [0, 0.1) is 0 Å². The van der Waals surface area contributed by atoms with Crippen LogP contribution in [0.1, 0.15) is 5.56 Å². The molecule has 0 saturated carbocycles. The van der Waals surface area contributed by atoms with Crippen molar-refractivity contribution in [1.29, 1.82) is 0 Å². The Bertz CT molecular complexity index is 746. The third-order valence-electron chi connectivity index (χ3n) is 3.05. The van der Waals surface area contributed by atoms with Gasteiger partial charge in [0.1, 0.15) is 5.75 Å². The molecule has 0 spiro atoms. The van der Waals surface area contributed by atoms with Crippen LogP contribution in [0.4, 0.5) is 0 Å². The fourth-order valence-electron chi connectivity index (χ4n) is 1.85. The van der Waals surface area contributed by atoms with Crippen molar-refractivity contribution < 1.29 is 13.2 Å². The van der Waals surface area contributed by atoms with Crippen LogP contribution < -0.4 is 0 Å². The summed E-state index contributed by atoms with van der Waals surface area (Å²) in [5.41, 5.74) is 0.835. The molecule has 116 valence electrons. The normalized spacial score (nSPS) is 11.2. The van der Waals surface area contributed by atoms with Gasteiger partial charge in [-0.15, -0.1) is 0 Å². The van der Waals surface area contributed by atoms with Crippen molar-refractivity contribution in [2.75, 3.05) is 12.8 Å². The van der Waals surface area contributed by atoms with Crippen molar-refractivity contribution in [1.82, 2.24) is 9.88 Å². The van der Waals surface area contributed by atoms with E-state index in [1.165, 1.54) is 29.2 Å². The summed E-state index contributed by atoms with van der Waals surface area (Å²) in [7, 11) is -2.12. The van der Waals surface area contributed by atoms with Gasteiger partial charge in [0.15, 0.2) is 9.84 Å². The fraction of sp³-hybridized carbons (Fsp3) is 0.200. The molecule has 1 aromatic carbocycles. The number of nitrogens with zero attached hydrogens (tertiary/aromatic N) is 2. The quantitative estimate of drug-likeness (QED) is 0.838. The van der Waals surface area contributed by atoms with E-state index in [0.29, 0.717) is 11.6 Å². The van der Waals surface area contributed by atoms with Crippen LogP contribution in [-0.2, 0) is 21.2 Å². The van der Waals surface area contributed by atoms with Crippen LogP contribution in [0.5, 0.6) is 0 Å². The van der Waals surface area contributed by atoms with Crippen molar-refractivity contribution >= 4 is 27.3 Å². The number of hydrogen-bond acceptors (Lipinski definition) is 4. The van der Waals surface area contributed by atoms with Crippen LogP contribution in [0.2, 0.25) is 5.02 Å². The number of hydrogen-bond donors (Lipinski definition) is 0. The van der Waals surface area contributed by atoms with E-state index < -0.39 is 21.5 Å². The highest BCUT2D eigenvalue weighted by Gasteiger charge is 2.21. The SMILES string of the molecule is CN(Cc1cccnc1)C(=O)CS(=O)(=O)c1ccc(Cl)cc1. The average molecular weight is 339 g/mol. The van der Waals surface area contributed by atoms with E-state index in [-0.39, 0.29) is 4.90 Å². The minimum absolute atomic E-state index is 0.0834. The maximum absolute atomic E-state index is 12.2. The number of amides is 1. The molecule has 0 atom stereocenters. The van der Waals surface area contributed by atoms with E-state index in [1.807, 2.05) is 6.07 Å². The molecule has 0 bridgehead atoms. The third kappa shape index (κ3) is 4.29. The van der Waals surface area contributed by atoms with E-state index >= 15 is 0 Å². The average Bonchev–Trinajstić information content (AvgIpc) is 2.48. The molecule has 0 unspecified atom stereocenters. The Kier molecular flexibility index (Phi) is 5.15. The lowest BCUT2D eigenvalue weighted by atomic mass is 10.3. The Balaban J connectivity index is 2.05. The highest BCUT2D eigenvalue weighted by atomic mass is 35.5. The molecule has 22 heavy (non-hydrogen) atoms. The smallest absolute Gasteiger partial charge is 0.238 e. The second kappa shape index (κ2) is 6.89. The monoisotopic (exact) mass is 338 g/mol. The molecule has 0 aliphatic heterocycles. The van der Waals surface area contributed by atoms with E-state index in [9.17, 15) is 13.2 Å². The van der Waals surface area contributed by atoms with Crippen molar-refractivity contribution in [3.05, 3.63) is 59.4 Å². The van der Waals surface area contributed by atoms with Crippen LogP contribution in [-0.4, -0.2) is 37.0 Å². The summed E-state index contributed by atoms with van der Waals surface area (Å²) in [6.45, 7) is 0.308. The van der Waals surface area contributed by atoms with E-state index in [0.717, 1.165) is 5.56 Å². The first kappa shape index (κ1) is 16.5. The number of aromatic nitrogens is 1. The predicted molar refractivity (Wildman–Crippen MR) is 84.2 cm³/mol. The first-order valence-electron chi connectivity index (χ1n) is 6.50. The van der Waals surface area contributed by atoms with Gasteiger partial charge in [-0.1, -0.05) is 17.7 Å². The van der Waals surface area contributed by atoms with Gasteiger partial charge in [0, 0.05) is 31.0 Å². The molecule has 1 amide bonds. The second-order valence-corrected chi connectivity index (χ2v) is 7.25. The first-order valence-corrected chi connectivity index (χ1v) is 8.53. The lowest BCUT2D eigenvalue weighted by molar-refractivity contribution is -0.127. The molecule has 2 aromatic rings. The van der Waals surface area contributed by atoms with Crippen LogP contribution in [0.15, 0.2) is 53.7 Å². The summed E-state index contributed by atoms with van der Waals surface area (Å²) in [6.07, 6.45) is 3.27. The Labute approximate surface area is 134 Å². The predicted octanol–water partition coefficient (Wildman–Crippen LogP) is 2.17. The zero-order valence-electron chi connectivity index (χ0n) is 11.9. The molecular formula is C15H15ClN2O3S. The van der Waals surface area contributed by atoms with Gasteiger partial charge in [-0.2, -0.15) is 0 Å². The van der Waals surface area contributed by atoms with E-state index in [2.05, 4.69) is 4.98 Å². The van der Waals surface area contributed by atoms with Gasteiger partial charge in [0.05, 0.1) is 4.90 Å². The number of rotatable bonds is 5. The maximum Gasteiger partial charge on any atom is 0.238 e. The zero-order valence-corrected chi connectivity index (χ0v) is 13.5. The minimum atomic E-state index is -3.68. The Morgan fingerprint density at radius 1 is 1.23 bits per heavy atom. The van der Waals surface area contributed by atoms with Crippen molar-refractivity contribution in [2.24, 2.45) is 0 Å². The number of carbonyl (C=O) groups is 1. The summed E-state index contributed by atoms with van der Waals surface area (Å²) in [5, 5.41) is 0.443. The molecule has 0 saturated heterocycles. The Morgan fingerprint density at radius 2 is 1.91 bits per heavy atom. The Morgan fingerprint density at radius 3 is 2.50 bits per heavy atom. The third-order valence-corrected chi connectivity index (χ3v) is 4.92. The standard InChI is InChI=1S/C15H15ClN2O3S/c1-18(10-12-3-2-8-17-9-12)15(19)11-22(20,21)14-6-4-13(16)5-7-14/h2-9H,10-11H2,1H3. The van der Waals surface area contributed by atoms with Crippen LogP contribution >= 0.6 is 11.6 Å². The summed E-state index contributed by atoms with van der Waals surface area (Å²) >= 11 is 5.73. The summed E-state index contributed by atoms with van der Waals surface area (Å²) in [6, 6.07) is 9.34. The van der Waals surface area contributed by atoms with Crippen molar-refractivity contribution in [3.63, 3.8) is 0 Å². The van der Waals surface area contributed by atoms with Gasteiger partial charge < -0.3 is 4.90 Å². The van der Waals surface area contributed by atoms with Gasteiger partial charge in [-0.3, -0.25) is 9.78 Å². The highest BCUT2D eigenvalue weighted by molar-refractivity contribution is 7.92. The molecule has 0 radical (unpaired) electrons.